The maximum atomic E-state index is 12.3. The maximum absolute atomic E-state index is 12.3. The van der Waals surface area contributed by atoms with Crippen molar-refractivity contribution in [2.45, 2.75) is 50.3 Å². The molecule has 0 fully saturated rings. The number of aryl methyl sites for hydroxylation is 2. The van der Waals surface area contributed by atoms with Crippen LogP contribution in [0.4, 0.5) is 0 Å². The summed E-state index contributed by atoms with van der Waals surface area (Å²) in [6, 6.07) is 11.6. The fraction of sp³-hybridized carbons (Fsp3) is 0.333. The molecule has 1 aromatic heterocycles. The molecule has 0 radical (unpaired) electrons. The molecule has 1 aliphatic rings. The number of esters is 1. The lowest BCUT2D eigenvalue weighted by molar-refractivity contribution is -0.134. The molecule has 8 heteroatoms. The molecule has 7 nitrogen and oxygen atoms in total. The number of sulfonamides is 1. The van der Waals surface area contributed by atoms with Crippen LogP contribution in [-0.2, 0) is 27.7 Å². The second-order valence-corrected chi connectivity index (χ2v) is 9.77. The third-order valence-corrected chi connectivity index (χ3v) is 7.08. The molecule has 0 aliphatic heterocycles. The predicted octanol–water partition coefficient (Wildman–Crippen LogP) is 3.64. The second-order valence-electron chi connectivity index (χ2n) is 8.00. The Labute approximate surface area is 186 Å². The van der Waals surface area contributed by atoms with Gasteiger partial charge in [0.25, 0.3) is 0 Å². The molecule has 32 heavy (non-hydrogen) atoms. The number of hydrogen-bond donors (Lipinski definition) is 1. The van der Waals surface area contributed by atoms with E-state index in [0.29, 0.717) is 17.8 Å². The van der Waals surface area contributed by atoms with E-state index in [-0.39, 0.29) is 23.5 Å². The summed E-state index contributed by atoms with van der Waals surface area (Å²) in [5, 5.41) is 0.879. The Bertz CT molecular complexity index is 1310. The van der Waals surface area contributed by atoms with E-state index in [9.17, 15) is 18.0 Å². The zero-order valence-corrected chi connectivity index (χ0v) is 18.7. The number of nitrogens with one attached hydrogen (secondary N) is 1. The Hall–Kier alpha value is -2.97. The molecule has 0 unspecified atom stereocenters. The molecular formula is C24H25NO6S. The van der Waals surface area contributed by atoms with Crippen LogP contribution in [0.15, 0.2) is 56.6 Å². The van der Waals surface area contributed by atoms with Crippen molar-refractivity contribution >= 4 is 27.0 Å². The molecule has 1 heterocycles. The Morgan fingerprint density at radius 2 is 1.78 bits per heavy atom. The maximum Gasteiger partial charge on any atom is 0.339 e. The number of hydrogen-bond acceptors (Lipinski definition) is 6. The van der Waals surface area contributed by atoms with E-state index in [1.807, 2.05) is 13.0 Å². The number of ether oxygens (including phenoxy) is 1. The molecule has 0 amide bonds. The van der Waals surface area contributed by atoms with Crippen LogP contribution in [0.25, 0.3) is 11.0 Å². The monoisotopic (exact) mass is 455 g/mol. The highest BCUT2D eigenvalue weighted by Crippen LogP contribution is 2.29. The van der Waals surface area contributed by atoms with Gasteiger partial charge in [-0.1, -0.05) is 17.7 Å². The minimum Gasteiger partial charge on any atom is -0.426 e. The van der Waals surface area contributed by atoms with Crippen LogP contribution < -0.4 is 15.1 Å². The summed E-state index contributed by atoms with van der Waals surface area (Å²) in [6.07, 6.45) is 3.94. The zero-order chi connectivity index (χ0) is 22.7. The molecule has 0 saturated carbocycles. The third-order valence-electron chi connectivity index (χ3n) is 5.61. The van der Waals surface area contributed by atoms with Crippen LogP contribution >= 0.6 is 0 Å². The van der Waals surface area contributed by atoms with Crippen molar-refractivity contribution in [3.8, 4) is 5.75 Å². The quantitative estimate of drug-likeness (QED) is 0.253. The summed E-state index contributed by atoms with van der Waals surface area (Å²) >= 11 is 0. The smallest absolute Gasteiger partial charge is 0.339 e. The van der Waals surface area contributed by atoms with Crippen molar-refractivity contribution in [3.63, 3.8) is 0 Å². The van der Waals surface area contributed by atoms with Gasteiger partial charge in [-0.25, -0.2) is 17.9 Å². The van der Waals surface area contributed by atoms with Gasteiger partial charge in [-0.3, -0.25) is 4.79 Å². The predicted molar refractivity (Wildman–Crippen MR) is 120 cm³/mol. The van der Waals surface area contributed by atoms with Gasteiger partial charge < -0.3 is 9.15 Å². The average Bonchev–Trinajstić information content (AvgIpc) is 2.77. The van der Waals surface area contributed by atoms with Crippen molar-refractivity contribution in [1.82, 2.24) is 4.72 Å². The van der Waals surface area contributed by atoms with E-state index in [4.69, 9.17) is 9.15 Å². The molecule has 1 aliphatic carbocycles. The molecule has 0 spiro atoms. The minimum absolute atomic E-state index is 0.0442. The standard InChI is InChI=1S/C24H25NO6S/c1-16-8-11-18(12-9-16)32(28,29)25-14-4-7-23(26)30-17-10-13-20-19-5-2-3-6-21(19)24(27)31-22(20)15-17/h8-13,15,25H,2-7,14H2,1H3. The lowest BCUT2D eigenvalue weighted by Crippen LogP contribution is -2.25. The molecule has 4 rings (SSSR count). The zero-order valence-electron chi connectivity index (χ0n) is 17.8. The van der Waals surface area contributed by atoms with Crippen molar-refractivity contribution in [1.29, 1.82) is 0 Å². The van der Waals surface area contributed by atoms with Crippen molar-refractivity contribution in [2.24, 2.45) is 0 Å². The highest BCUT2D eigenvalue weighted by atomic mass is 32.2. The molecule has 3 aromatic rings. The van der Waals surface area contributed by atoms with E-state index >= 15 is 0 Å². The Balaban J connectivity index is 1.34. The van der Waals surface area contributed by atoms with Crippen LogP contribution in [0.2, 0.25) is 0 Å². The van der Waals surface area contributed by atoms with Crippen LogP contribution in [0.5, 0.6) is 5.75 Å². The summed E-state index contributed by atoms with van der Waals surface area (Å²) in [4.78, 5) is 24.6. The van der Waals surface area contributed by atoms with E-state index in [1.165, 1.54) is 0 Å². The van der Waals surface area contributed by atoms with Gasteiger partial charge in [0.15, 0.2) is 0 Å². The lowest BCUT2D eigenvalue weighted by atomic mass is 9.91. The Morgan fingerprint density at radius 1 is 1.06 bits per heavy atom. The summed E-state index contributed by atoms with van der Waals surface area (Å²) in [5.41, 5.74) is 2.84. The molecule has 0 saturated heterocycles. The van der Waals surface area contributed by atoms with Crippen LogP contribution in [0, 0.1) is 6.92 Å². The normalized spacial score (nSPS) is 13.7. The van der Waals surface area contributed by atoms with E-state index in [0.717, 1.165) is 47.8 Å². The van der Waals surface area contributed by atoms with Gasteiger partial charge in [0.1, 0.15) is 11.3 Å². The summed E-state index contributed by atoms with van der Waals surface area (Å²) < 4.78 is 37.8. The lowest BCUT2D eigenvalue weighted by Gasteiger charge is -2.16. The van der Waals surface area contributed by atoms with E-state index in [2.05, 4.69) is 4.72 Å². The van der Waals surface area contributed by atoms with Crippen LogP contribution in [0.3, 0.4) is 0 Å². The van der Waals surface area contributed by atoms with Crippen LogP contribution in [-0.4, -0.2) is 20.9 Å². The van der Waals surface area contributed by atoms with Gasteiger partial charge in [-0.15, -0.1) is 0 Å². The fourth-order valence-corrected chi connectivity index (χ4v) is 4.99. The largest absolute Gasteiger partial charge is 0.426 e. The Kier molecular flexibility index (Phi) is 6.43. The molecule has 0 atom stereocenters. The van der Waals surface area contributed by atoms with Crippen molar-refractivity contribution in [2.75, 3.05) is 6.54 Å². The van der Waals surface area contributed by atoms with E-state index < -0.39 is 16.0 Å². The van der Waals surface area contributed by atoms with Gasteiger partial charge >= 0.3 is 11.6 Å². The molecule has 2 aromatic carbocycles. The van der Waals surface area contributed by atoms with Gasteiger partial charge in [-0.05, 0) is 68.9 Å². The van der Waals surface area contributed by atoms with Gasteiger partial charge in [-0.2, -0.15) is 0 Å². The first-order valence-corrected chi connectivity index (χ1v) is 12.2. The van der Waals surface area contributed by atoms with Gasteiger partial charge in [0.2, 0.25) is 10.0 Å². The number of benzene rings is 2. The highest BCUT2D eigenvalue weighted by Gasteiger charge is 2.19. The van der Waals surface area contributed by atoms with Crippen LogP contribution in [0.1, 0.15) is 42.4 Å². The number of fused-ring (bicyclic) bond motifs is 3. The fourth-order valence-electron chi connectivity index (χ4n) is 3.91. The summed E-state index contributed by atoms with van der Waals surface area (Å²) in [5.74, 6) is -0.194. The summed E-state index contributed by atoms with van der Waals surface area (Å²) in [6.45, 7) is 2.00. The first-order chi connectivity index (χ1) is 15.3. The third kappa shape index (κ3) is 4.92. The minimum atomic E-state index is -3.61. The topological polar surface area (TPSA) is 103 Å². The molecular weight excluding hydrogens is 430 g/mol. The number of carbonyl (C=O) groups excluding carboxylic acids is 1. The van der Waals surface area contributed by atoms with Gasteiger partial charge in [0, 0.05) is 30.0 Å². The molecule has 168 valence electrons. The van der Waals surface area contributed by atoms with Crippen molar-refractivity contribution < 1.29 is 22.4 Å². The van der Waals surface area contributed by atoms with Gasteiger partial charge in [0.05, 0.1) is 4.90 Å². The summed E-state index contributed by atoms with van der Waals surface area (Å²) in [7, 11) is -3.61. The SMILES string of the molecule is Cc1ccc(S(=O)(=O)NCCCC(=O)Oc2ccc3c4c(c(=O)oc3c2)CCCC4)cc1. The first kappa shape index (κ1) is 22.2. The highest BCUT2D eigenvalue weighted by molar-refractivity contribution is 7.89. The second kappa shape index (κ2) is 9.26. The van der Waals surface area contributed by atoms with E-state index in [1.54, 1.807) is 36.4 Å². The Morgan fingerprint density at radius 3 is 2.53 bits per heavy atom. The molecule has 0 bridgehead atoms. The molecule has 1 N–H and O–H groups in total. The number of carbonyl (C=O) groups is 1. The number of rotatable bonds is 7. The van der Waals surface area contributed by atoms with Crippen molar-refractivity contribution in [3.05, 3.63) is 69.6 Å². The first-order valence-electron chi connectivity index (χ1n) is 10.7. The average molecular weight is 456 g/mol.